The number of hydrogen-bond donors (Lipinski definition) is 1. The minimum Gasteiger partial charge on any atom is -0.490 e. The third-order valence-electron chi connectivity index (χ3n) is 3.51. The molecule has 2 rings (SSSR count). The van der Waals surface area contributed by atoms with Gasteiger partial charge in [0.25, 0.3) is 0 Å². The highest BCUT2D eigenvalue weighted by molar-refractivity contribution is 14.1. The van der Waals surface area contributed by atoms with E-state index in [0.29, 0.717) is 31.8 Å². The molecule has 2 aromatic carbocycles. The lowest BCUT2D eigenvalue weighted by molar-refractivity contribution is -0.121. The topological polar surface area (TPSA) is 59.9 Å². The van der Waals surface area contributed by atoms with E-state index in [1.54, 1.807) is 6.21 Å². The van der Waals surface area contributed by atoms with Gasteiger partial charge < -0.3 is 9.47 Å². The summed E-state index contributed by atoms with van der Waals surface area (Å²) in [6, 6.07) is 13.7. The number of carbonyl (C=O) groups is 1. The molecule has 0 aromatic heterocycles. The highest BCUT2D eigenvalue weighted by Crippen LogP contribution is 2.33. The van der Waals surface area contributed by atoms with Crippen molar-refractivity contribution in [3.8, 4) is 11.5 Å². The first-order valence-corrected chi connectivity index (χ1v) is 9.66. The van der Waals surface area contributed by atoms with Crippen LogP contribution in [-0.4, -0.2) is 25.3 Å². The van der Waals surface area contributed by atoms with Crippen molar-refractivity contribution in [2.45, 2.75) is 26.7 Å². The van der Waals surface area contributed by atoms with Gasteiger partial charge in [-0.2, -0.15) is 5.10 Å². The highest BCUT2D eigenvalue weighted by Gasteiger charge is 2.11. The summed E-state index contributed by atoms with van der Waals surface area (Å²) in [4.78, 5) is 11.9. The number of aryl methyl sites for hydroxylation is 1. The van der Waals surface area contributed by atoms with Crippen LogP contribution < -0.4 is 14.9 Å². The summed E-state index contributed by atoms with van der Waals surface area (Å²) in [5.41, 5.74) is 4.54. The molecule has 138 valence electrons. The number of nitrogens with one attached hydrogen (secondary N) is 1. The molecule has 0 aliphatic rings. The second-order valence-corrected chi connectivity index (χ2v) is 6.64. The molecule has 0 saturated carbocycles. The van der Waals surface area contributed by atoms with Gasteiger partial charge in [-0.25, -0.2) is 5.43 Å². The Morgan fingerprint density at radius 2 is 1.88 bits per heavy atom. The van der Waals surface area contributed by atoms with Crippen molar-refractivity contribution in [1.82, 2.24) is 5.43 Å². The number of amides is 1. The molecule has 26 heavy (non-hydrogen) atoms. The SMILES string of the molecule is CCOc1cc(/C=N/NC(=O)CCc2ccccc2)cc(I)c1OCC. The first-order valence-electron chi connectivity index (χ1n) is 8.59. The third kappa shape index (κ3) is 6.33. The Morgan fingerprint density at radius 3 is 2.58 bits per heavy atom. The summed E-state index contributed by atoms with van der Waals surface area (Å²) in [5, 5.41) is 4.05. The van der Waals surface area contributed by atoms with Crippen molar-refractivity contribution >= 4 is 34.7 Å². The van der Waals surface area contributed by atoms with E-state index in [-0.39, 0.29) is 5.91 Å². The highest BCUT2D eigenvalue weighted by atomic mass is 127. The van der Waals surface area contributed by atoms with E-state index in [1.165, 1.54) is 0 Å². The molecule has 0 aliphatic heterocycles. The molecule has 0 heterocycles. The first-order chi connectivity index (χ1) is 12.6. The molecule has 0 saturated heterocycles. The van der Waals surface area contributed by atoms with Crippen molar-refractivity contribution in [3.63, 3.8) is 0 Å². The van der Waals surface area contributed by atoms with Gasteiger partial charge >= 0.3 is 0 Å². The summed E-state index contributed by atoms with van der Waals surface area (Å²) in [5.74, 6) is 1.30. The molecule has 0 spiro atoms. The average molecular weight is 466 g/mol. The summed E-state index contributed by atoms with van der Waals surface area (Å²) in [6.45, 7) is 4.98. The number of carbonyl (C=O) groups excluding carboxylic acids is 1. The molecule has 0 fully saturated rings. The molecule has 0 bridgehead atoms. The smallest absolute Gasteiger partial charge is 0.240 e. The minimum absolute atomic E-state index is 0.115. The number of halogens is 1. The van der Waals surface area contributed by atoms with Crippen LogP contribution in [0, 0.1) is 3.57 Å². The fourth-order valence-electron chi connectivity index (χ4n) is 2.35. The van der Waals surface area contributed by atoms with Gasteiger partial charge in [-0.3, -0.25) is 4.79 Å². The molecule has 6 heteroatoms. The zero-order valence-corrected chi connectivity index (χ0v) is 17.2. The number of hydrogen-bond acceptors (Lipinski definition) is 4. The van der Waals surface area contributed by atoms with Crippen LogP contribution in [0.3, 0.4) is 0 Å². The van der Waals surface area contributed by atoms with Gasteiger partial charge in [-0.15, -0.1) is 0 Å². The molecule has 1 amide bonds. The van der Waals surface area contributed by atoms with Crippen LogP contribution in [0.2, 0.25) is 0 Å². The average Bonchev–Trinajstić information content (AvgIpc) is 2.64. The number of ether oxygens (including phenoxy) is 2. The van der Waals surface area contributed by atoms with Gasteiger partial charge in [0.1, 0.15) is 0 Å². The third-order valence-corrected chi connectivity index (χ3v) is 4.31. The fourth-order valence-corrected chi connectivity index (χ4v) is 3.13. The Labute approximate surface area is 167 Å². The van der Waals surface area contributed by atoms with E-state index in [9.17, 15) is 4.79 Å². The van der Waals surface area contributed by atoms with Crippen molar-refractivity contribution in [2.24, 2.45) is 5.10 Å². The van der Waals surface area contributed by atoms with Crippen LogP contribution in [0.15, 0.2) is 47.6 Å². The zero-order valence-electron chi connectivity index (χ0n) is 15.0. The van der Waals surface area contributed by atoms with E-state index in [0.717, 1.165) is 20.4 Å². The van der Waals surface area contributed by atoms with Crippen LogP contribution in [0.25, 0.3) is 0 Å². The van der Waals surface area contributed by atoms with Crippen LogP contribution in [0.4, 0.5) is 0 Å². The predicted molar refractivity (Wildman–Crippen MR) is 112 cm³/mol. The van der Waals surface area contributed by atoms with Crippen molar-refractivity contribution < 1.29 is 14.3 Å². The molecular weight excluding hydrogens is 443 g/mol. The van der Waals surface area contributed by atoms with Crippen molar-refractivity contribution in [2.75, 3.05) is 13.2 Å². The standard InChI is InChI=1S/C20H23IN2O3/c1-3-25-18-13-16(12-17(21)20(18)26-4-2)14-22-23-19(24)11-10-15-8-6-5-7-9-15/h5-9,12-14H,3-4,10-11H2,1-2H3,(H,23,24)/b22-14+. The van der Waals surface area contributed by atoms with Crippen molar-refractivity contribution in [3.05, 3.63) is 57.2 Å². The maximum atomic E-state index is 11.9. The van der Waals surface area contributed by atoms with Crippen LogP contribution >= 0.6 is 22.6 Å². The summed E-state index contributed by atoms with van der Waals surface area (Å²) >= 11 is 2.21. The molecule has 0 unspecified atom stereocenters. The monoisotopic (exact) mass is 466 g/mol. The molecule has 0 aliphatic carbocycles. The van der Waals surface area contributed by atoms with E-state index in [4.69, 9.17) is 9.47 Å². The lowest BCUT2D eigenvalue weighted by atomic mass is 10.1. The van der Waals surface area contributed by atoms with E-state index >= 15 is 0 Å². The molecule has 5 nitrogen and oxygen atoms in total. The molecule has 0 radical (unpaired) electrons. The quantitative estimate of drug-likeness (QED) is 0.343. The van der Waals surface area contributed by atoms with Crippen molar-refractivity contribution in [1.29, 1.82) is 0 Å². The largest absolute Gasteiger partial charge is 0.490 e. The summed E-state index contributed by atoms with van der Waals surface area (Å²) in [7, 11) is 0. The predicted octanol–water partition coefficient (Wildman–Crippen LogP) is 4.17. The van der Waals surface area contributed by atoms with Gasteiger partial charge in [0.2, 0.25) is 5.91 Å². The van der Waals surface area contributed by atoms with Gasteiger partial charge in [0, 0.05) is 6.42 Å². The van der Waals surface area contributed by atoms with Gasteiger partial charge in [-0.05, 0) is 66.1 Å². The van der Waals surface area contributed by atoms with Gasteiger partial charge in [-0.1, -0.05) is 30.3 Å². The number of rotatable bonds is 9. The number of benzene rings is 2. The van der Waals surface area contributed by atoms with E-state index in [1.807, 2.05) is 56.3 Å². The number of hydrazone groups is 1. The van der Waals surface area contributed by atoms with Crippen LogP contribution in [0.1, 0.15) is 31.4 Å². The maximum absolute atomic E-state index is 11.9. The molecule has 1 N–H and O–H groups in total. The fraction of sp³-hybridized carbons (Fsp3) is 0.300. The zero-order chi connectivity index (χ0) is 18.8. The Balaban J connectivity index is 1.95. The second-order valence-electron chi connectivity index (χ2n) is 5.47. The Hall–Kier alpha value is -2.09. The Morgan fingerprint density at radius 1 is 1.15 bits per heavy atom. The molecule has 2 aromatic rings. The number of nitrogens with zero attached hydrogens (tertiary/aromatic N) is 1. The van der Waals surface area contributed by atoms with Gasteiger partial charge in [0.15, 0.2) is 11.5 Å². The molecular formula is C20H23IN2O3. The normalized spacial score (nSPS) is 10.7. The first kappa shape index (κ1) is 20.2. The lowest BCUT2D eigenvalue weighted by Crippen LogP contribution is -2.17. The second kappa shape index (κ2) is 10.8. The summed E-state index contributed by atoms with van der Waals surface area (Å²) < 4.78 is 12.2. The minimum atomic E-state index is -0.115. The van der Waals surface area contributed by atoms with Crippen LogP contribution in [-0.2, 0) is 11.2 Å². The van der Waals surface area contributed by atoms with E-state index in [2.05, 4.69) is 33.1 Å². The van der Waals surface area contributed by atoms with Gasteiger partial charge in [0.05, 0.1) is 23.0 Å². The Bertz CT molecular complexity index is 748. The summed E-state index contributed by atoms with van der Waals surface area (Å²) in [6.07, 6.45) is 2.70. The van der Waals surface area contributed by atoms with Crippen LogP contribution in [0.5, 0.6) is 11.5 Å². The molecule has 0 atom stereocenters. The lowest BCUT2D eigenvalue weighted by Gasteiger charge is -2.13. The Kier molecular flexibility index (Phi) is 8.40. The maximum Gasteiger partial charge on any atom is 0.240 e. The van der Waals surface area contributed by atoms with E-state index < -0.39 is 0 Å².